The molecule has 1 aliphatic rings. The lowest BCUT2D eigenvalue weighted by Gasteiger charge is -2.39. The van der Waals surface area contributed by atoms with E-state index in [-0.39, 0.29) is 11.4 Å². The van der Waals surface area contributed by atoms with E-state index in [4.69, 9.17) is 4.74 Å². The maximum Gasteiger partial charge on any atom is 0.316 e. The van der Waals surface area contributed by atoms with Gasteiger partial charge in [-0.1, -0.05) is 34.5 Å². The zero-order chi connectivity index (χ0) is 11.6. The normalized spacial score (nSPS) is 17.6. The monoisotopic (exact) mass is 282 g/mol. The van der Waals surface area contributed by atoms with Gasteiger partial charge in [-0.15, -0.1) is 0 Å². The fourth-order valence-corrected chi connectivity index (χ4v) is 2.60. The standard InChI is InChI=1S/C13H15BrO2/c1-2-16-12(15)13(7-4-8-13)10-5-3-6-11(14)9-10/h3,5-6,9H,2,4,7-8H2,1H3. The van der Waals surface area contributed by atoms with E-state index in [2.05, 4.69) is 15.9 Å². The van der Waals surface area contributed by atoms with Gasteiger partial charge in [0, 0.05) is 4.47 Å². The number of benzene rings is 1. The summed E-state index contributed by atoms with van der Waals surface area (Å²) in [6, 6.07) is 7.98. The summed E-state index contributed by atoms with van der Waals surface area (Å²) < 4.78 is 6.20. The van der Waals surface area contributed by atoms with Crippen LogP contribution < -0.4 is 0 Å². The molecule has 0 spiro atoms. The van der Waals surface area contributed by atoms with Gasteiger partial charge in [0.2, 0.25) is 0 Å². The molecule has 0 aliphatic heterocycles. The number of ether oxygens (including phenoxy) is 1. The molecule has 0 aromatic heterocycles. The van der Waals surface area contributed by atoms with Crippen molar-refractivity contribution in [1.29, 1.82) is 0 Å². The van der Waals surface area contributed by atoms with Crippen LogP contribution in [0, 0.1) is 0 Å². The Morgan fingerprint density at radius 2 is 2.25 bits per heavy atom. The highest BCUT2D eigenvalue weighted by atomic mass is 79.9. The van der Waals surface area contributed by atoms with Crippen molar-refractivity contribution in [2.75, 3.05) is 6.61 Å². The van der Waals surface area contributed by atoms with Crippen molar-refractivity contribution < 1.29 is 9.53 Å². The number of hydrogen-bond donors (Lipinski definition) is 0. The first-order chi connectivity index (χ1) is 7.69. The van der Waals surface area contributed by atoms with Gasteiger partial charge in [0.15, 0.2) is 0 Å². The Balaban J connectivity index is 2.31. The van der Waals surface area contributed by atoms with E-state index in [0.717, 1.165) is 29.3 Å². The first-order valence-corrected chi connectivity index (χ1v) is 6.41. The Morgan fingerprint density at radius 1 is 1.50 bits per heavy atom. The fraction of sp³-hybridized carbons (Fsp3) is 0.462. The molecule has 1 fully saturated rings. The van der Waals surface area contributed by atoms with Gasteiger partial charge in [-0.2, -0.15) is 0 Å². The summed E-state index contributed by atoms with van der Waals surface area (Å²) >= 11 is 3.44. The Labute approximate surface area is 104 Å². The Kier molecular flexibility index (Phi) is 3.33. The maximum absolute atomic E-state index is 12.0. The van der Waals surface area contributed by atoms with Gasteiger partial charge >= 0.3 is 5.97 Å². The predicted molar refractivity (Wildman–Crippen MR) is 66.3 cm³/mol. The van der Waals surface area contributed by atoms with Crippen LogP contribution in [-0.2, 0) is 14.9 Å². The molecule has 16 heavy (non-hydrogen) atoms. The molecule has 0 saturated heterocycles. The van der Waals surface area contributed by atoms with Gasteiger partial charge in [0.25, 0.3) is 0 Å². The largest absolute Gasteiger partial charge is 0.465 e. The van der Waals surface area contributed by atoms with Crippen LogP contribution in [-0.4, -0.2) is 12.6 Å². The van der Waals surface area contributed by atoms with Crippen molar-refractivity contribution >= 4 is 21.9 Å². The summed E-state index contributed by atoms with van der Waals surface area (Å²) in [5, 5.41) is 0. The minimum absolute atomic E-state index is 0.0700. The van der Waals surface area contributed by atoms with Crippen molar-refractivity contribution in [3.63, 3.8) is 0 Å². The predicted octanol–water partition coefficient (Wildman–Crippen LogP) is 3.43. The molecule has 3 heteroatoms. The molecule has 2 rings (SSSR count). The molecule has 0 N–H and O–H groups in total. The van der Waals surface area contributed by atoms with Crippen LogP contribution in [0.2, 0.25) is 0 Å². The zero-order valence-corrected chi connectivity index (χ0v) is 10.9. The minimum atomic E-state index is -0.375. The summed E-state index contributed by atoms with van der Waals surface area (Å²) in [6.07, 6.45) is 2.91. The summed E-state index contributed by atoms with van der Waals surface area (Å²) in [5.41, 5.74) is 0.700. The van der Waals surface area contributed by atoms with E-state index in [1.165, 1.54) is 0 Å². The number of halogens is 1. The van der Waals surface area contributed by atoms with Crippen LogP contribution in [0.5, 0.6) is 0 Å². The van der Waals surface area contributed by atoms with E-state index >= 15 is 0 Å². The fourth-order valence-electron chi connectivity index (χ4n) is 2.20. The third-order valence-electron chi connectivity index (χ3n) is 3.25. The molecule has 1 aromatic rings. The molecule has 0 unspecified atom stereocenters. The number of esters is 1. The second-order valence-electron chi connectivity index (χ2n) is 4.17. The first kappa shape index (κ1) is 11.6. The van der Waals surface area contributed by atoms with Crippen molar-refractivity contribution in [3.8, 4) is 0 Å². The Hall–Kier alpha value is -0.830. The van der Waals surface area contributed by atoms with Crippen molar-refractivity contribution in [2.45, 2.75) is 31.6 Å². The molecule has 2 nitrogen and oxygen atoms in total. The summed E-state index contributed by atoms with van der Waals surface area (Å²) in [7, 11) is 0. The highest BCUT2D eigenvalue weighted by Crippen LogP contribution is 2.45. The minimum Gasteiger partial charge on any atom is -0.465 e. The second kappa shape index (κ2) is 4.58. The van der Waals surface area contributed by atoms with Gasteiger partial charge in [-0.25, -0.2) is 0 Å². The van der Waals surface area contributed by atoms with Gasteiger partial charge in [0.05, 0.1) is 12.0 Å². The lowest BCUT2D eigenvalue weighted by atomic mass is 9.64. The van der Waals surface area contributed by atoms with Crippen molar-refractivity contribution in [1.82, 2.24) is 0 Å². The van der Waals surface area contributed by atoms with Gasteiger partial charge in [0.1, 0.15) is 0 Å². The average Bonchev–Trinajstić information content (AvgIpc) is 2.16. The molecule has 0 atom stereocenters. The van der Waals surface area contributed by atoms with E-state index < -0.39 is 0 Å². The Morgan fingerprint density at radius 3 is 2.75 bits per heavy atom. The maximum atomic E-state index is 12.0. The molecular weight excluding hydrogens is 268 g/mol. The first-order valence-electron chi connectivity index (χ1n) is 5.62. The number of hydrogen-bond acceptors (Lipinski definition) is 2. The van der Waals surface area contributed by atoms with Crippen LogP contribution in [0.4, 0.5) is 0 Å². The SMILES string of the molecule is CCOC(=O)C1(c2cccc(Br)c2)CCC1. The smallest absolute Gasteiger partial charge is 0.316 e. The molecule has 1 aromatic carbocycles. The third-order valence-corrected chi connectivity index (χ3v) is 3.74. The molecule has 0 radical (unpaired) electrons. The van der Waals surface area contributed by atoms with E-state index in [1.54, 1.807) is 0 Å². The van der Waals surface area contributed by atoms with Crippen molar-refractivity contribution in [2.24, 2.45) is 0 Å². The molecule has 86 valence electrons. The van der Waals surface area contributed by atoms with Crippen LogP contribution in [0.1, 0.15) is 31.7 Å². The van der Waals surface area contributed by atoms with Gasteiger partial charge in [-0.3, -0.25) is 4.79 Å². The third kappa shape index (κ3) is 1.88. The summed E-state index contributed by atoms with van der Waals surface area (Å²) in [6.45, 7) is 2.31. The quantitative estimate of drug-likeness (QED) is 0.794. The van der Waals surface area contributed by atoms with Crippen LogP contribution in [0.3, 0.4) is 0 Å². The number of rotatable bonds is 3. The average molecular weight is 283 g/mol. The second-order valence-corrected chi connectivity index (χ2v) is 5.08. The molecule has 1 saturated carbocycles. The summed E-state index contributed by atoms with van der Waals surface area (Å²) in [4.78, 5) is 12.0. The zero-order valence-electron chi connectivity index (χ0n) is 9.33. The van der Waals surface area contributed by atoms with Gasteiger partial charge in [-0.05, 0) is 37.5 Å². The Bertz CT molecular complexity index is 397. The summed E-state index contributed by atoms with van der Waals surface area (Å²) in [5.74, 6) is -0.0700. The molecule has 1 aliphatic carbocycles. The highest BCUT2D eigenvalue weighted by molar-refractivity contribution is 9.10. The van der Waals surface area contributed by atoms with Crippen LogP contribution in [0.25, 0.3) is 0 Å². The van der Waals surface area contributed by atoms with E-state index in [0.29, 0.717) is 6.61 Å². The van der Waals surface area contributed by atoms with E-state index in [9.17, 15) is 4.79 Å². The van der Waals surface area contributed by atoms with E-state index in [1.807, 2.05) is 31.2 Å². The van der Waals surface area contributed by atoms with Crippen LogP contribution >= 0.6 is 15.9 Å². The lowest BCUT2D eigenvalue weighted by Crippen LogP contribution is -2.43. The number of carbonyl (C=O) groups is 1. The molecule has 0 bridgehead atoms. The van der Waals surface area contributed by atoms with Gasteiger partial charge < -0.3 is 4.74 Å². The lowest BCUT2D eigenvalue weighted by molar-refractivity contribution is -0.153. The number of carbonyl (C=O) groups excluding carboxylic acids is 1. The van der Waals surface area contributed by atoms with Crippen molar-refractivity contribution in [3.05, 3.63) is 34.3 Å². The molecular formula is C13H15BrO2. The molecule has 0 heterocycles. The molecule has 0 amide bonds. The topological polar surface area (TPSA) is 26.3 Å². The van der Waals surface area contributed by atoms with Crippen LogP contribution in [0.15, 0.2) is 28.7 Å². The highest BCUT2D eigenvalue weighted by Gasteiger charge is 2.46.